The molecule has 0 radical (unpaired) electrons. The van der Waals surface area contributed by atoms with Crippen LogP contribution in [0.3, 0.4) is 0 Å². The highest BCUT2D eigenvalue weighted by molar-refractivity contribution is 6.31. The molecule has 6 heteroatoms. The summed E-state index contributed by atoms with van der Waals surface area (Å²) in [6.07, 6.45) is 4.27. The van der Waals surface area contributed by atoms with E-state index in [2.05, 4.69) is 22.3 Å². The average Bonchev–Trinajstić information content (AvgIpc) is 2.84. The zero-order valence-corrected chi connectivity index (χ0v) is 21.3. The minimum absolute atomic E-state index is 0.279. The lowest BCUT2D eigenvalue weighted by Gasteiger charge is -2.37. The molecular weight excluding hydrogens is 470 g/mol. The standard InChI is InChI=1S/C30H28ClN3O2/c1-18-12-19(2)14-24(13-18)33-30-26(29(35)32-23-8-3-7-22(31)17-23)16-21-15-20-6-4-10-34-11-5-9-25(27(20)34)28(21)36-30/h3,7-8,12-17H,4-6,9-11H2,1-2H3,(H,32,35). The molecule has 0 aliphatic carbocycles. The number of anilines is 2. The van der Waals surface area contributed by atoms with Crippen LogP contribution in [0.5, 0.6) is 0 Å². The molecule has 0 unspecified atom stereocenters. The molecule has 3 aromatic carbocycles. The van der Waals surface area contributed by atoms with Gasteiger partial charge in [-0.05, 0) is 98.7 Å². The molecule has 4 aromatic rings. The van der Waals surface area contributed by atoms with Gasteiger partial charge in [-0.25, -0.2) is 4.99 Å². The first-order valence-electron chi connectivity index (χ1n) is 12.5. The second-order valence-corrected chi connectivity index (χ2v) is 10.3. The van der Waals surface area contributed by atoms with E-state index >= 15 is 0 Å². The third kappa shape index (κ3) is 4.28. The van der Waals surface area contributed by atoms with Gasteiger partial charge >= 0.3 is 0 Å². The van der Waals surface area contributed by atoms with Crippen LogP contribution >= 0.6 is 11.6 Å². The molecule has 0 fully saturated rings. The molecule has 2 aliphatic heterocycles. The maximum absolute atomic E-state index is 13.5. The summed E-state index contributed by atoms with van der Waals surface area (Å²) in [5.41, 5.74) is 9.08. The summed E-state index contributed by atoms with van der Waals surface area (Å²) < 4.78 is 6.55. The summed E-state index contributed by atoms with van der Waals surface area (Å²) in [4.78, 5) is 20.9. The Morgan fingerprint density at radius 3 is 2.56 bits per heavy atom. The number of nitrogens with zero attached hydrogens (tertiary/aromatic N) is 2. The molecule has 3 heterocycles. The Morgan fingerprint density at radius 1 is 1.00 bits per heavy atom. The molecule has 5 nitrogen and oxygen atoms in total. The van der Waals surface area contributed by atoms with E-state index in [0.717, 1.165) is 66.6 Å². The van der Waals surface area contributed by atoms with Gasteiger partial charge in [-0.3, -0.25) is 4.79 Å². The van der Waals surface area contributed by atoms with Crippen molar-refractivity contribution in [2.45, 2.75) is 39.5 Å². The first-order chi connectivity index (χ1) is 17.4. The number of fused-ring (bicyclic) bond motifs is 2. The van der Waals surface area contributed by atoms with Crippen LogP contribution in [0.15, 0.2) is 64.0 Å². The summed E-state index contributed by atoms with van der Waals surface area (Å²) in [5, 5.41) is 4.48. The summed E-state index contributed by atoms with van der Waals surface area (Å²) in [6.45, 7) is 6.26. The quantitative estimate of drug-likeness (QED) is 0.335. The summed E-state index contributed by atoms with van der Waals surface area (Å²) in [6, 6.07) is 17.4. The molecule has 2 aliphatic rings. The van der Waals surface area contributed by atoms with Gasteiger partial charge in [-0.15, -0.1) is 0 Å². The van der Waals surface area contributed by atoms with Crippen molar-refractivity contribution in [2.24, 2.45) is 4.99 Å². The topological polar surface area (TPSA) is 57.8 Å². The predicted molar refractivity (Wildman–Crippen MR) is 146 cm³/mol. The van der Waals surface area contributed by atoms with Crippen molar-refractivity contribution in [2.75, 3.05) is 23.3 Å². The summed E-state index contributed by atoms with van der Waals surface area (Å²) >= 11 is 6.15. The van der Waals surface area contributed by atoms with Gasteiger partial charge < -0.3 is 14.6 Å². The van der Waals surface area contributed by atoms with Crippen molar-refractivity contribution in [3.05, 3.63) is 93.0 Å². The Morgan fingerprint density at radius 2 is 1.78 bits per heavy atom. The second kappa shape index (κ2) is 9.14. The second-order valence-electron chi connectivity index (χ2n) is 9.86. The fourth-order valence-electron chi connectivity index (χ4n) is 5.60. The number of carbonyl (C=O) groups is 1. The first-order valence-corrected chi connectivity index (χ1v) is 12.9. The minimum Gasteiger partial charge on any atom is -0.437 e. The molecule has 0 saturated carbocycles. The van der Waals surface area contributed by atoms with E-state index in [1.807, 2.05) is 44.2 Å². The van der Waals surface area contributed by atoms with Gasteiger partial charge in [-0.1, -0.05) is 23.7 Å². The highest BCUT2D eigenvalue weighted by atomic mass is 35.5. The van der Waals surface area contributed by atoms with Crippen molar-refractivity contribution in [3.63, 3.8) is 0 Å². The number of nitrogens with one attached hydrogen (secondary N) is 1. The number of amides is 1. The Labute approximate surface area is 215 Å². The monoisotopic (exact) mass is 497 g/mol. The van der Waals surface area contributed by atoms with E-state index in [0.29, 0.717) is 21.8 Å². The van der Waals surface area contributed by atoms with E-state index in [9.17, 15) is 4.79 Å². The van der Waals surface area contributed by atoms with Gasteiger partial charge in [0.15, 0.2) is 0 Å². The van der Waals surface area contributed by atoms with Crippen molar-refractivity contribution < 1.29 is 9.21 Å². The molecule has 1 N–H and O–H groups in total. The first kappa shape index (κ1) is 22.9. The van der Waals surface area contributed by atoms with Crippen LogP contribution in [0.4, 0.5) is 17.1 Å². The van der Waals surface area contributed by atoms with Crippen molar-refractivity contribution >= 4 is 45.5 Å². The van der Waals surface area contributed by atoms with Crippen LogP contribution in [0.2, 0.25) is 5.02 Å². The van der Waals surface area contributed by atoms with E-state index in [-0.39, 0.29) is 5.91 Å². The molecule has 0 atom stereocenters. The number of rotatable bonds is 3. The molecule has 182 valence electrons. The van der Waals surface area contributed by atoms with Gasteiger partial charge in [0.2, 0.25) is 5.55 Å². The third-order valence-electron chi connectivity index (χ3n) is 6.99. The molecule has 1 amide bonds. The molecule has 6 rings (SSSR count). The van der Waals surface area contributed by atoms with Gasteiger partial charge in [0.1, 0.15) is 11.1 Å². The molecular formula is C30H28ClN3O2. The molecule has 0 spiro atoms. The molecule has 1 aromatic heterocycles. The van der Waals surface area contributed by atoms with Crippen LogP contribution < -0.4 is 15.8 Å². The smallest absolute Gasteiger partial charge is 0.261 e. The van der Waals surface area contributed by atoms with Gasteiger partial charge in [0, 0.05) is 40.4 Å². The lowest BCUT2D eigenvalue weighted by atomic mass is 9.90. The number of hydrogen-bond acceptors (Lipinski definition) is 4. The van der Waals surface area contributed by atoms with Crippen molar-refractivity contribution in [1.29, 1.82) is 0 Å². The lowest BCUT2D eigenvalue weighted by molar-refractivity contribution is 0.102. The fourth-order valence-corrected chi connectivity index (χ4v) is 5.79. The number of hydrogen-bond donors (Lipinski definition) is 1. The number of benzene rings is 3. The minimum atomic E-state index is -0.279. The number of aryl methyl sites for hydroxylation is 4. The van der Waals surface area contributed by atoms with Crippen molar-refractivity contribution in [3.8, 4) is 0 Å². The van der Waals surface area contributed by atoms with E-state index in [1.165, 1.54) is 16.8 Å². The average molecular weight is 498 g/mol. The largest absolute Gasteiger partial charge is 0.437 e. The number of carbonyl (C=O) groups excluding carboxylic acids is 1. The highest BCUT2D eigenvalue weighted by Gasteiger charge is 2.27. The zero-order valence-electron chi connectivity index (χ0n) is 20.5. The van der Waals surface area contributed by atoms with E-state index in [1.54, 1.807) is 12.1 Å². The Balaban J connectivity index is 1.57. The normalized spacial score (nSPS) is 15.2. The van der Waals surface area contributed by atoms with Gasteiger partial charge in [-0.2, -0.15) is 0 Å². The molecule has 36 heavy (non-hydrogen) atoms. The SMILES string of the molecule is Cc1cc(C)cc(N=c2oc3c4c5c(cc3cc2C(=O)Nc2cccc(Cl)c2)CCCN5CCC4)c1. The lowest BCUT2D eigenvalue weighted by Crippen LogP contribution is -2.34. The third-order valence-corrected chi connectivity index (χ3v) is 7.23. The number of halogens is 1. The Kier molecular flexibility index (Phi) is 5.81. The van der Waals surface area contributed by atoms with Crippen LogP contribution in [0, 0.1) is 13.8 Å². The van der Waals surface area contributed by atoms with Gasteiger partial charge in [0.05, 0.1) is 5.69 Å². The Hall–Kier alpha value is -3.57. The molecule has 0 saturated heterocycles. The molecule has 0 bridgehead atoms. The van der Waals surface area contributed by atoms with Crippen LogP contribution in [0.25, 0.3) is 11.0 Å². The summed E-state index contributed by atoms with van der Waals surface area (Å²) in [7, 11) is 0. The van der Waals surface area contributed by atoms with Crippen LogP contribution in [0.1, 0.15) is 45.5 Å². The van der Waals surface area contributed by atoms with E-state index in [4.69, 9.17) is 21.0 Å². The Bertz CT molecular complexity index is 1570. The van der Waals surface area contributed by atoms with Gasteiger partial charge in [0.25, 0.3) is 5.91 Å². The highest BCUT2D eigenvalue weighted by Crippen LogP contribution is 2.39. The fraction of sp³-hybridized carbons (Fsp3) is 0.267. The van der Waals surface area contributed by atoms with Crippen LogP contribution in [-0.2, 0) is 12.8 Å². The van der Waals surface area contributed by atoms with Crippen LogP contribution in [-0.4, -0.2) is 19.0 Å². The van der Waals surface area contributed by atoms with E-state index < -0.39 is 0 Å². The van der Waals surface area contributed by atoms with Crippen molar-refractivity contribution in [1.82, 2.24) is 0 Å². The zero-order chi connectivity index (χ0) is 24.8. The maximum Gasteiger partial charge on any atom is 0.261 e. The predicted octanol–water partition coefficient (Wildman–Crippen LogP) is 6.89. The maximum atomic E-state index is 13.5. The summed E-state index contributed by atoms with van der Waals surface area (Å²) in [5.74, 6) is -0.279.